The van der Waals surface area contributed by atoms with E-state index in [1.807, 2.05) is 13.8 Å². The molecule has 0 unspecified atom stereocenters. The zero-order valence-electron chi connectivity index (χ0n) is 15.3. The van der Waals surface area contributed by atoms with E-state index in [0.29, 0.717) is 5.82 Å². The molecule has 1 amide bonds. The standard InChI is InChI=1S/C20H18N6O/c1-12-4-6-15(7-5-12)26-14(3)13(2)17-18(23-11-24-19(17)26)25-20(27)16-10-21-8-9-22-16/h4-11H,1-3H3,(H,23,24,25,27). The second-order valence-corrected chi connectivity index (χ2v) is 6.35. The van der Waals surface area contributed by atoms with Crippen LogP contribution >= 0.6 is 0 Å². The molecular weight excluding hydrogens is 340 g/mol. The quantitative estimate of drug-likeness (QED) is 0.607. The summed E-state index contributed by atoms with van der Waals surface area (Å²) in [4.78, 5) is 29.2. The van der Waals surface area contributed by atoms with Gasteiger partial charge in [-0.15, -0.1) is 0 Å². The van der Waals surface area contributed by atoms with Gasteiger partial charge in [0.2, 0.25) is 0 Å². The minimum atomic E-state index is -0.358. The van der Waals surface area contributed by atoms with E-state index < -0.39 is 0 Å². The Morgan fingerprint density at radius 1 is 1.00 bits per heavy atom. The van der Waals surface area contributed by atoms with Gasteiger partial charge in [-0.2, -0.15) is 0 Å². The largest absolute Gasteiger partial charge is 0.304 e. The first-order valence-electron chi connectivity index (χ1n) is 8.53. The Morgan fingerprint density at radius 3 is 2.48 bits per heavy atom. The number of fused-ring (bicyclic) bond motifs is 1. The molecule has 0 saturated carbocycles. The molecule has 7 heteroatoms. The first kappa shape index (κ1) is 16.8. The summed E-state index contributed by atoms with van der Waals surface area (Å²) in [6.45, 7) is 6.09. The number of nitrogens with zero attached hydrogens (tertiary/aromatic N) is 5. The highest BCUT2D eigenvalue weighted by Gasteiger charge is 2.19. The average Bonchev–Trinajstić information content (AvgIpc) is 2.95. The molecule has 7 nitrogen and oxygen atoms in total. The number of benzene rings is 1. The van der Waals surface area contributed by atoms with Crippen LogP contribution in [0.4, 0.5) is 5.82 Å². The number of nitrogens with one attached hydrogen (secondary N) is 1. The fraction of sp³-hybridized carbons (Fsp3) is 0.150. The lowest BCUT2D eigenvalue weighted by atomic mass is 10.2. The third-order valence-corrected chi connectivity index (χ3v) is 4.61. The van der Waals surface area contributed by atoms with Crippen molar-refractivity contribution in [2.75, 3.05) is 5.32 Å². The predicted octanol–water partition coefficient (Wildman–Crippen LogP) is 3.39. The summed E-state index contributed by atoms with van der Waals surface area (Å²) >= 11 is 0. The van der Waals surface area contributed by atoms with Crippen molar-refractivity contribution in [1.29, 1.82) is 0 Å². The van der Waals surface area contributed by atoms with E-state index in [9.17, 15) is 4.79 Å². The lowest BCUT2D eigenvalue weighted by Crippen LogP contribution is -2.15. The molecule has 0 aliphatic rings. The Labute approximate surface area is 156 Å². The van der Waals surface area contributed by atoms with Crippen LogP contribution in [0.15, 0.2) is 49.2 Å². The van der Waals surface area contributed by atoms with Crippen LogP contribution in [-0.2, 0) is 0 Å². The number of carbonyl (C=O) groups is 1. The van der Waals surface area contributed by atoms with Gasteiger partial charge in [0, 0.05) is 23.8 Å². The summed E-state index contributed by atoms with van der Waals surface area (Å²) in [6, 6.07) is 8.24. The monoisotopic (exact) mass is 358 g/mol. The molecule has 0 spiro atoms. The third kappa shape index (κ3) is 2.93. The highest BCUT2D eigenvalue weighted by molar-refractivity contribution is 6.07. The maximum absolute atomic E-state index is 12.5. The highest BCUT2D eigenvalue weighted by Crippen LogP contribution is 2.31. The topological polar surface area (TPSA) is 85.6 Å². The minimum Gasteiger partial charge on any atom is -0.304 e. The Morgan fingerprint density at radius 2 is 1.78 bits per heavy atom. The fourth-order valence-corrected chi connectivity index (χ4v) is 3.09. The smallest absolute Gasteiger partial charge is 0.277 e. The molecular formula is C20H18N6O. The van der Waals surface area contributed by atoms with Crippen LogP contribution in [0.2, 0.25) is 0 Å². The van der Waals surface area contributed by atoms with Crippen molar-refractivity contribution in [3.63, 3.8) is 0 Å². The fourth-order valence-electron chi connectivity index (χ4n) is 3.09. The van der Waals surface area contributed by atoms with Crippen LogP contribution in [0.1, 0.15) is 27.3 Å². The average molecular weight is 358 g/mol. The Hall–Kier alpha value is -3.61. The molecule has 0 aliphatic heterocycles. The molecule has 0 fully saturated rings. The van der Waals surface area contributed by atoms with E-state index in [1.54, 1.807) is 0 Å². The van der Waals surface area contributed by atoms with Crippen molar-refractivity contribution in [2.24, 2.45) is 0 Å². The molecule has 0 aliphatic carbocycles. The molecule has 3 aromatic heterocycles. The van der Waals surface area contributed by atoms with E-state index in [0.717, 1.165) is 28.0 Å². The van der Waals surface area contributed by atoms with Gasteiger partial charge in [0.15, 0.2) is 5.65 Å². The van der Waals surface area contributed by atoms with Crippen molar-refractivity contribution < 1.29 is 4.79 Å². The number of hydrogen-bond donors (Lipinski definition) is 1. The van der Waals surface area contributed by atoms with E-state index in [1.165, 1.54) is 30.5 Å². The van der Waals surface area contributed by atoms with Crippen LogP contribution in [0.5, 0.6) is 0 Å². The number of amides is 1. The Balaban J connectivity index is 1.83. The van der Waals surface area contributed by atoms with Crippen molar-refractivity contribution in [2.45, 2.75) is 20.8 Å². The molecule has 0 saturated heterocycles. The summed E-state index contributed by atoms with van der Waals surface area (Å²) in [5.74, 6) is 0.102. The van der Waals surface area contributed by atoms with Gasteiger partial charge < -0.3 is 5.32 Å². The molecule has 1 N–H and O–H groups in total. The van der Waals surface area contributed by atoms with Crippen LogP contribution in [-0.4, -0.2) is 30.4 Å². The van der Waals surface area contributed by atoms with Crippen LogP contribution in [0, 0.1) is 20.8 Å². The summed E-state index contributed by atoms with van der Waals surface area (Å²) < 4.78 is 2.07. The number of carbonyl (C=O) groups excluding carboxylic acids is 1. The Kier molecular flexibility index (Phi) is 4.12. The first-order valence-corrected chi connectivity index (χ1v) is 8.53. The van der Waals surface area contributed by atoms with Gasteiger partial charge in [-0.3, -0.25) is 14.3 Å². The van der Waals surface area contributed by atoms with Gasteiger partial charge in [0.1, 0.15) is 17.8 Å². The van der Waals surface area contributed by atoms with Crippen molar-refractivity contribution >= 4 is 22.8 Å². The van der Waals surface area contributed by atoms with Crippen LogP contribution in [0.25, 0.3) is 16.7 Å². The summed E-state index contributed by atoms with van der Waals surface area (Å²) in [5, 5.41) is 3.65. The van der Waals surface area contributed by atoms with Crippen molar-refractivity contribution in [3.8, 4) is 5.69 Å². The maximum Gasteiger partial charge on any atom is 0.277 e. The first-order chi connectivity index (χ1) is 13.1. The van der Waals surface area contributed by atoms with Gasteiger partial charge >= 0.3 is 0 Å². The normalized spacial score (nSPS) is 10.9. The number of hydrogen-bond acceptors (Lipinski definition) is 5. The molecule has 4 aromatic rings. The van der Waals surface area contributed by atoms with E-state index in [-0.39, 0.29) is 11.6 Å². The van der Waals surface area contributed by atoms with Gasteiger partial charge in [-0.25, -0.2) is 15.0 Å². The van der Waals surface area contributed by atoms with Gasteiger partial charge in [0.25, 0.3) is 5.91 Å². The molecule has 0 bridgehead atoms. The van der Waals surface area contributed by atoms with Gasteiger partial charge in [-0.05, 0) is 38.5 Å². The minimum absolute atomic E-state index is 0.233. The Bertz CT molecular complexity index is 1130. The van der Waals surface area contributed by atoms with E-state index in [4.69, 9.17) is 0 Å². The number of aromatic nitrogens is 5. The molecule has 134 valence electrons. The van der Waals surface area contributed by atoms with Gasteiger partial charge in [-0.1, -0.05) is 17.7 Å². The highest BCUT2D eigenvalue weighted by atomic mass is 16.1. The van der Waals surface area contributed by atoms with Crippen molar-refractivity contribution in [3.05, 3.63) is 71.7 Å². The lowest BCUT2D eigenvalue weighted by Gasteiger charge is -2.09. The van der Waals surface area contributed by atoms with Crippen LogP contribution in [0.3, 0.4) is 0 Å². The second-order valence-electron chi connectivity index (χ2n) is 6.35. The number of aryl methyl sites for hydroxylation is 2. The maximum atomic E-state index is 12.5. The lowest BCUT2D eigenvalue weighted by molar-refractivity contribution is 0.102. The summed E-state index contributed by atoms with van der Waals surface area (Å²) in [7, 11) is 0. The SMILES string of the molecule is Cc1ccc(-n2c(C)c(C)c3c(NC(=O)c4cnccn4)ncnc32)cc1. The van der Waals surface area contributed by atoms with Gasteiger partial charge in [0.05, 0.1) is 11.6 Å². The van der Waals surface area contributed by atoms with Crippen LogP contribution < -0.4 is 5.32 Å². The van der Waals surface area contributed by atoms with Crippen molar-refractivity contribution in [1.82, 2.24) is 24.5 Å². The second kappa shape index (κ2) is 6.60. The molecule has 27 heavy (non-hydrogen) atoms. The van der Waals surface area contributed by atoms with E-state index >= 15 is 0 Å². The zero-order chi connectivity index (χ0) is 19.0. The van der Waals surface area contributed by atoms with E-state index in [2.05, 4.69) is 61.0 Å². The molecule has 4 rings (SSSR count). The molecule has 0 radical (unpaired) electrons. The zero-order valence-corrected chi connectivity index (χ0v) is 15.3. The molecule has 1 aromatic carbocycles. The number of rotatable bonds is 3. The number of anilines is 1. The predicted molar refractivity (Wildman–Crippen MR) is 103 cm³/mol. The molecule has 0 atom stereocenters. The summed E-state index contributed by atoms with van der Waals surface area (Å²) in [5.41, 5.74) is 5.25. The summed E-state index contributed by atoms with van der Waals surface area (Å²) in [6.07, 6.45) is 5.88. The third-order valence-electron chi connectivity index (χ3n) is 4.61. The molecule has 3 heterocycles.